The molecule has 0 saturated carbocycles. The van der Waals surface area contributed by atoms with Crippen LogP contribution in [-0.4, -0.2) is 55.4 Å². The van der Waals surface area contributed by atoms with E-state index in [2.05, 4.69) is 21.5 Å². The van der Waals surface area contributed by atoms with Gasteiger partial charge < -0.3 is 20.5 Å². The van der Waals surface area contributed by atoms with Gasteiger partial charge >= 0.3 is 6.18 Å². The van der Waals surface area contributed by atoms with E-state index in [1.165, 1.54) is 12.1 Å². The number of hydrazine groups is 1. The average molecular weight is 388 g/mol. The number of benzene rings is 1. The standard InChI is InChI=1S/C17H23F3N4O3/c18-17(19,20)10-1-3-12(4-2-10)27-9-11(25)7-22-16(26)15-13-8-21-6-5-14(13)23-24-15/h1-4,11,13-15,21,23-25H,5-9H2,(H,22,26). The zero-order valence-corrected chi connectivity index (χ0v) is 14.6. The summed E-state index contributed by atoms with van der Waals surface area (Å²) in [6.07, 6.45) is -4.45. The van der Waals surface area contributed by atoms with Gasteiger partial charge in [-0.05, 0) is 37.2 Å². The van der Waals surface area contributed by atoms with Crippen molar-refractivity contribution in [3.63, 3.8) is 0 Å². The van der Waals surface area contributed by atoms with Crippen LogP contribution in [0, 0.1) is 5.92 Å². The van der Waals surface area contributed by atoms with Gasteiger partial charge in [0.25, 0.3) is 0 Å². The number of aliphatic hydroxyl groups is 1. The highest BCUT2D eigenvalue weighted by Crippen LogP contribution is 2.30. The Morgan fingerprint density at radius 3 is 2.74 bits per heavy atom. The smallest absolute Gasteiger partial charge is 0.416 e. The zero-order chi connectivity index (χ0) is 19.4. The molecule has 27 heavy (non-hydrogen) atoms. The minimum Gasteiger partial charge on any atom is -0.491 e. The van der Waals surface area contributed by atoms with Gasteiger partial charge in [0.15, 0.2) is 0 Å². The van der Waals surface area contributed by atoms with Gasteiger partial charge in [-0.1, -0.05) is 0 Å². The Hall–Kier alpha value is -1.88. The second-order valence-corrected chi connectivity index (χ2v) is 6.76. The van der Waals surface area contributed by atoms with Crippen LogP contribution in [0.2, 0.25) is 0 Å². The summed E-state index contributed by atoms with van der Waals surface area (Å²) in [5, 5.41) is 15.9. The fourth-order valence-electron chi connectivity index (χ4n) is 3.30. The van der Waals surface area contributed by atoms with Crippen molar-refractivity contribution in [1.82, 2.24) is 21.5 Å². The second-order valence-electron chi connectivity index (χ2n) is 6.76. The third-order valence-electron chi connectivity index (χ3n) is 4.80. The van der Waals surface area contributed by atoms with Gasteiger partial charge in [-0.25, -0.2) is 5.43 Å². The highest BCUT2D eigenvalue weighted by atomic mass is 19.4. The van der Waals surface area contributed by atoms with Crippen LogP contribution in [0.4, 0.5) is 13.2 Å². The van der Waals surface area contributed by atoms with E-state index < -0.39 is 17.8 Å². The first-order valence-electron chi connectivity index (χ1n) is 8.82. The molecule has 0 spiro atoms. The molecular weight excluding hydrogens is 365 g/mol. The maximum Gasteiger partial charge on any atom is 0.416 e. The van der Waals surface area contributed by atoms with E-state index in [1.807, 2.05) is 0 Å². The molecule has 0 aromatic heterocycles. The summed E-state index contributed by atoms with van der Waals surface area (Å²) in [5.41, 5.74) is 5.34. The van der Waals surface area contributed by atoms with Crippen LogP contribution >= 0.6 is 0 Å². The van der Waals surface area contributed by atoms with Gasteiger partial charge in [-0.3, -0.25) is 10.2 Å². The number of hydrogen-bond donors (Lipinski definition) is 5. The number of aliphatic hydroxyl groups excluding tert-OH is 1. The molecule has 4 unspecified atom stereocenters. The van der Waals surface area contributed by atoms with Crippen molar-refractivity contribution < 1.29 is 27.8 Å². The number of hydrogen-bond acceptors (Lipinski definition) is 6. The van der Waals surface area contributed by atoms with Crippen LogP contribution in [0.1, 0.15) is 12.0 Å². The topological polar surface area (TPSA) is 94.7 Å². The van der Waals surface area contributed by atoms with Crippen molar-refractivity contribution in [2.75, 3.05) is 26.2 Å². The maximum atomic E-state index is 12.5. The van der Waals surface area contributed by atoms with Crippen LogP contribution in [0.25, 0.3) is 0 Å². The summed E-state index contributed by atoms with van der Waals surface area (Å²) in [6.45, 7) is 1.49. The maximum absolute atomic E-state index is 12.5. The van der Waals surface area contributed by atoms with Crippen LogP contribution in [-0.2, 0) is 11.0 Å². The van der Waals surface area contributed by atoms with Crippen molar-refractivity contribution in [3.8, 4) is 5.75 Å². The van der Waals surface area contributed by atoms with E-state index >= 15 is 0 Å². The van der Waals surface area contributed by atoms with E-state index in [1.54, 1.807) is 0 Å². The Morgan fingerprint density at radius 1 is 1.30 bits per heavy atom. The van der Waals surface area contributed by atoms with Crippen LogP contribution in [0.15, 0.2) is 24.3 Å². The highest BCUT2D eigenvalue weighted by molar-refractivity contribution is 5.82. The van der Waals surface area contributed by atoms with Crippen molar-refractivity contribution in [2.24, 2.45) is 5.92 Å². The number of nitrogens with one attached hydrogen (secondary N) is 4. The molecule has 5 N–H and O–H groups in total. The molecule has 2 aliphatic rings. The Labute approximate surface area is 154 Å². The molecule has 7 nitrogen and oxygen atoms in total. The van der Waals surface area contributed by atoms with Gasteiger partial charge in [0, 0.05) is 25.0 Å². The van der Waals surface area contributed by atoms with Gasteiger partial charge in [0.05, 0.1) is 5.56 Å². The number of fused-ring (bicyclic) bond motifs is 1. The number of rotatable bonds is 6. The fourth-order valence-corrected chi connectivity index (χ4v) is 3.30. The molecule has 4 atom stereocenters. The molecule has 0 bridgehead atoms. The largest absolute Gasteiger partial charge is 0.491 e. The lowest BCUT2D eigenvalue weighted by molar-refractivity contribution is -0.137. The Balaban J connectivity index is 1.40. The molecule has 2 aliphatic heterocycles. The number of alkyl halides is 3. The summed E-state index contributed by atoms with van der Waals surface area (Å²) in [6, 6.07) is 4.07. The van der Waals surface area contributed by atoms with Crippen molar-refractivity contribution in [2.45, 2.75) is 30.8 Å². The Bertz CT molecular complexity index is 641. The van der Waals surface area contributed by atoms with Gasteiger partial charge in [0.1, 0.15) is 24.5 Å². The Kier molecular flexibility index (Phi) is 6.20. The van der Waals surface area contributed by atoms with Gasteiger partial charge in [-0.15, -0.1) is 0 Å². The number of halogens is 3. The van der Waals surface area contributed by atoms with E-state index in [9.17, 15) is 23.1 Å². The summed E-state index contributed by atoms with van der Waals surface area (Å²) >= 11 is 0. The van der Waals surface area contributed by atoms with E-state index in [0.717, 1.165) is 31.6 Å². The first-order valence-corrected chi connectivity index (χ1v) is 8.82. The van der Waals surface area contributed by atoms with Crippen molar-refractivity contribution in [3.05, 3.63) is 29.8 Å². The molecular formula is C17H23F3N4O3. The predicted molar refractivity (Wildman–Crippen MR) is 90.8 cm³/mol. The molecule has 1 amide bonds. The number of piperidine rings is 1. The summed E-state index contributed by atoms with van der Waals surface area (Å²) in [5.74, 6) is 0.137. The third kappa shape index (κ3) is 5.10. The molecule has 3 rings (SSSR count). The summed E-state index contributed by atoms with van der Waals surface area (Å²) in [4.78, 5) is 12.3. The van der Waals surface area contributed by atoms with Crippen LogP contribution in [0.5, 0.6) is 5.75 Å². The van der Waals surface area contributed by atoms with E-state index in [4.69, 9.17) is 4.74 Å². The molecule has 2 heterocycles. The van der Waals surface area contributed by atoms with Gasteiger partial charge in [0.2, 0.25) is 5.91 Å². The average Bonchev–Trinajstić information content (AvgIpc) is 3.08. The minimum absolute atomic E-state index is 0.0114. The number of ether oxygens (including phenoxy) is 1. The van der Waals surface area contributed by atoms with E-state index in [0.29, 0.717) is 0 Å². The van der Waals surface area contributed by atoms with E-state index in [-0.39, 0.29) is 42.8 Å². The quantitative estimate of drug-likeness (QED) is 0.472. The molecule has 0 radical (unpaired) electrons. The Morgan fingerprint density at radius 2 is 2.04 bits per heavy atom. The number of amides is 1. The minimum atomic E-state index is -4.40. The molecule has 0 aliphatic carbocycles. The molecule has 1 aromatic carbocycles. The molecule has 150 valence electrons. The molecule has 1 aromatic rings. The molecule has 2 saturated heterocycles. The first kappa shape index (κ1) is 19.9. The number of carbonyl (C=O) groups is 1. The normalized spacial score (nSPS) is 26.3. The van der Waals surface area contributed by atoms with Gasteiger partial charge in [-0.2, -0.15) is 13.2 Å². The molecule has 10 heteroatoms. The lowest BCUT2D eigenvalue weighted by Crippen LogP contribution is -2.50. The summed E-state index contributed by atoms with van der Waals surface area (Å²) in [7, 11) is 0. The third-order valence-corrected chi connectivity index (χ3v) is 4.80. The second kappa shape index (κ2) is 8.42. The monoisotopic (exact) mass is 388 g/mol. The zero-order valence-electron chi connectivity index (χ0n) is 14.6. The SMILES string of the molecule is O=C(NCC(O)COc1ccc(C(F)(F)F)cc1)C1NNC2CCNCC21. The first-order chi connectivity index (χ1) is 12.8. The van der Waals surface area contributed by atoms with Crippen LogP contribution < -0.4 is 26.2 Å². The molecule has 2 fully saturated rings. The van der Waals surface area contributed by atoms with Crippen molar-refractivity contribution >= 4 is 5.91 Å². The lowest BCUT2D eigenvalue weighted by Gasteiger charge is -2.27. The number of carbonyl (C=O) groups excluding carboxylic acids is 1. The lowest BCUT2D eigenvalue weighted by atomic mass is 9.89. The summed E-state index contributed by atoms with van der Waals surface area (Å²) < 4.78 is 42.8. The van der Waals surface area contributed by atoms with Crippen molar-refractivity contribution in [1.29, 1.82) is 0 Å². The highest BCUT2D eigenvalue weighted by Gasteiger charge is 2.41. The fraction of sp³-hybridized carbons (Fsp3) is 0.588. The van der Waals surface area contributed by atoms with Crippen LogP contribution in [0.3, 0.4) is 0 Å². The predicted octanol–water partition coefficient (Wildman–Crippen LogP) is 0.0158.